The fraction of sp³-hybridized carbons (Fsp3) is 0.476. The summed E-state index contributed by atoms with van der Waals surface area (Å²) in [7, 11) is 10.9. The lowest BCUT2D eigenvalue weighted by Gasteiger charge is -2.43. The quantitative estimate of drug-likeness (QED) is 0.0219. The minimum Gasteiger partial charge on any atom is -0.495 e. The van der Waals surface area contributed by atoms with E-state index < -0.39 is 0 Å². The van der Waals surface area contributed by atoms with E-state index in [1.54, 1.807) is 56.8 Å². The number of hydrogen-bond donors (Lipinski definition) is 4. The van der Waals surface area contributed by atoms with E-state index in [1.165, 1.54) is 6.08 Å². The molecular formula is C63H85N13O11. The molecule has 1 saturated carbocycles. The number of aryl methyl sites for hydroxylation is 1. The van der Waals surface area contributed by atoms with Gasteiger partial charge in [-0.2, -0.15) is 4.98 Å². The van der Waals surface area contributed by atoms with Gasteiger partial charge in [-0.05, 0) is 68.8 Å². The standard InChI is InChI=1S/C63H85N13O11/c1-9-52-61(79)75(6)55-42-66-63(71-59(55)76(52)45-15-11-12-16-45)69-49-20-19-44(39-56(49)80-7)60(78)64-23-27-82-29-31-84-33-35-86-37-38-87-36-34-85-32-30-83-28-26-72(3)24-25-73(4)54-41-57(81-8)51(40-50(54)67-58(77)10-2)70-62-65-22-21-48(68-62)47-43-74(5)53-18-14-13-17-46(47)53/h10,13-14,17-22,39-43,45,52H,2,9,11-12,15-16,23-38H2,1,3-8H3,(H,64,78)(H,67,77)(H,65,68,70)(H,66,69,71)/t52-/m1/s1. The zero-order chi connectivity index (χ0) is 61.5. The number of carbonyl (C=O) groups excluding carboxylic acids is 3. The van der Waals surface area contributed by atoms with Crippen molar-refractivity contribution in [1.29, 1.82) is 0 Å². The predicted octanol–water partition coefficient (Wildman–Crippen LogP) is 7.46. The van der Waals surface area contributed by atoms with E-state index in [1.807, 2.05) is 58.4 Å². The first-order chi connectivity index (χ1) is 42.4. The molecular weight excluding hydrogens is 1110 g/mol. The Hall–Kier alpha value is -7.97. The van der Waals surface area contributed by atoms with Gasteiger partial charge in [0, 0.05) is 93.9 Å². The van der Waals surface area contributed by atoms with Crippen molar-refractivity contribution in [3.05, 3.63) is 97.5 Å². The summed E-state index contributed by atoms with van der Waals surface area (Å²) in [5, 5.41) is 13.5. The van der Waals surface area contributed by atoms with Gasteiger partial charge in [0.15, 0.2) is 5.82 Å². The average molecular weight is 1200 g/mol. The normalized spacial score (nSPS) is 14.2. The van der Waals surface area contributed by atoms with Gasteiger partial charge in [0.25, 0.3) is 5.91 Å². The van der Waals surface area contributed by atoms with Crippen molar-refractivity contribution >= 4 is 74.8 Å². The fourth-order valence-corrected chi connectivity index (χ4v) is 10.5. The molecule has 24 heteroatoms. The summed E-state index contributed by atoms with van der Waals surface area (Å²) >= 11 is 0. The van der Waals surface area contributed by atoms with Crippen molar-refractivity contribution in [3.63, 3.8) is 0 Å². The Balaban J connectivity index is 0.623. The number of ether oxygens (including phenoxy) is 8. The molecule has 3 aromatic heterocycles. The summed E-state index contributed by atoms with van der Waals surface area (Å²) in [5.41, 5.74) is 6.51. The Kier molecular flexibility index (Phi) is 24.8. The maximum atomic E-state index is 13.3. The molecule has 1 atom stereocenters. The number of carbonyl (C=O) groups is 3. The molecule has 1 aliphatic heterocycles. The number of anilines is 8. The number of para-hydroxylation sites is 1. The first-order valence-corrected chi connectivity index (χ1v) is 29.7. The highest BCUT2D eigenvalue weighted by atomic mass is 16.6. The van der Waals surface area contributed by atoms with Crippen molar-refractivity contribution in [2.45, 2.75) is 51.1 Å². The van der Waals surface area contributed by atoms with Crippen molar-refractivity contribution in [1.82, 2.24) is 34.7 Å². The third kappa shape index (κ3) is 17.8. The minimum absolute atomic E-state index is 0.0595. The molecule has 87 heavy (non-hydrogen) atoms. The number of rotatable bonds is 37. The molecule has 0 saturated heterocycles. The molecule has 4 heterocycles. The van der Waals surface area contributed by atoms with Gasteiger partial charge in [-0.25, -0.2) is 15.0 Å². The largest absolute Gasteiger partial charge is 0.495 e. The Morgan fingerprint density at radius 3 is 2.02 bits per heavy atom. The molecule has 4 N–H and O–H groups in total. The summed E-state index contributed by atoms with van der Waals surface area (Å²) in [6, 6.07) is 18.9. The van der Waals surface area contributed by atoms with Crippen molar-refractivity contribution in [2.75, 3.05) is 171 Å². The lowest BCUT2D eigenvalue weighted by atomic mass is 10.0. The van der Waals surface area contributed by atoms with Crippen LogP contribution in [0.25, 0.3) is 22.2 Å². The second kappa shape index (κ2) is 33.2. The van der Waals surface area contributed by atoms with Crippen molar-refractivity contribution in [2.24, 2.45) is 7.05 Å². The number of methoxy groups -OCH3 is 2. The van der Waals surface area contributed by atoms with Gasteiger partial charge in [0.05, 0.1) is 128 Å². The molecule has 3 aromatic carbocycles. The Labute approximate surface area is 509 Å². The third-order valence-electron chi connectivity index (χ3n) is 15.2. The van der Waals surface area contributed by atoms with Crippen molar-refractivity contribution in [3.8, 4) is 22.8 Å². The van der Waals surface area contributed by atoms with Gasteiger partial charge in [0.1, 0.15) is 23.2 Å². The Bertz CT molecular complexity index is 3210. The Morgan fingerprint density at radius 1 is 0.724 bits per heavy atom. The molecule has 8 rings (SSSR count). The second-order valence-electron chi connectivity index (χ2n) is 21.1. The van der Waals surface area contributed by atoms with Crippen LogP contribution < -0.4 is 45.4 Å². The van der Waals surface area contributed by atoms with Crippen LogP contribution >= 0.6 is 0 Å². The second-order valence-corrected chi connectivity index (χ2v) is 21.1. The molecule has 2 aliphatic rings. The monoisotopic (exact) mass is 1200 g/mol. The number of nitrogens with zero attached hydrogens (tertiary/aromatic N) is 9. The number of nitrogens with one attached hydrogen (secondary N) is 4. The maximum Gasteiger partial charge on any atom is 0.251 e. The SMILES string of the molecule is C=CC(=O)Nc1cc(Nc2nccc(-c3cn(C)c4ccccc34)n2)c(OC)cc1N(C)CCN(C)CCOCCOCCOCCOCCOCCOCCNC(=O)c1ccc(Nc2ncc3c(n2)N(C2CCCC2)[C@H](CC)C(=O)N3C)c(OC)c1. The van der Waals surface area contributed by atoms with Crippen LogP contribution in [-0.4, -0.2) is 200 Å². The lowest BCUT2D eigenvalue weighted by Crippen LogP contribution is -2.55. The Morgan fingerprint density at radius 2 is 1.36 bits per heavy atom. The van der Waals surface area contributed by atoms with Crippen LogP contribution in [0.4, 0.5) is 46.2 Å². The van der Waals surface area contributed by atoms with Crippen LogP contribution in [0.2, 0.25) is 0 Å². The van der Waals surface area contributed by atoms with Crippen LogP contribution in [-0.2, 0) is 45.1 Å². The zero-order valence-corrected chi connectivity index (χ0v) is 51.3. The van der Waals surface area contributed by atoms with Crippen LogP contribution in [0.1, 0.15) is 49.4 Å². The van der Waals surface area contributed by atoms with Gasteiger partial charge in [0.2, 0.25) is 23.7 Å². The lowest BCUT2D eigenvalue weighted by molar-refractivity contribution is -0.120. The summed E-state index contributed by atoms with van der Waals surface area (Å²) < 4.78 is 47.6. The number of aromatic nitrogens is 5. The van der Waals surface area contributed by atoms with Gasteiger partial charge in [-0.1, -0.05) is 44.5 Å². The molecule has 0 unspecified atom stereocenters. The molecule has 0 spiro atoms. The number of hydrogen-bond acceptors (Lipinski definition) is 20. The maximum absolute atomic E-state index is 13.3. The van der Waals surface area contributed by atoms with Gasteiger partial charge < -0.3 is 83.3 Å². The summed E-state index contributed by atoms with van der Waals surface area (Å²) in [5.74, 6) is 1.96. The van der Waals surface area contributed by atoms with Gasteiger partial charge in [-0.15, -0.1) is 0 Å². The van der Waals surface area contributed by atoms with Gasteiger partial charge in [-0.3, -0.25) is 14.4 Å². The molecule has 24 nitrogen and oxygen atoms in total. The van der Waals surface area contributed by atoms with E-state index in [-0.39, 0.29) is 29.8 Å². The number of likely N-dealkylation sites (N-methyl/N-ethyl adjacent to an activating group) is 3. The van der Waals surface area contributed by atoms with E-state index >= 15 is 0 Å². The van der Waals surface area contributed by atoms with E-state index in [2.05, 4.69) is 75.4 Å². The van der Waals surface area contributed by atoms with Crippen LogP contribution in [0, 0.1) is 0 Å². The van der Waals surface area contributed by atoms with Crippen LogP contribution in [0.3, 0.4) is 0 Å². The summed E-state index contributed by atoms with van der Waals surface area (Å²) in [4.78, 5) is 65.8. The molecule has 3 amide bonds. The van der Waals surface area contributed by atoms with E-state index in [4.69, 9.17) is 47.9 Å². The molecule has 0 bridgehead atoms. The molecule has 1 aliphatic carbocycles. The van der Waals surface area contributed by atoms with Crippen molar-refractivity contribution < 1.29 is 52.3 Å². The summed E-state index contributed by atoms with van der Waals surface area (Å²) in [6.45, 7) is 13.3. The highest BCUT2D eigenvalue weighted by Gasteiger charge is 2.41. The first-order valence-electron chi connectivity index (χ1n) is 29.7. The van der Waals surface area contributed by atoms with Crippen LogP contribution in [0.5, 0.6) is 11.5 Å². The average Bonchev–Trinajstić information content (AvgIpc) is 2.13. The number of fused-ring (bicyclic) bond motifs is 2. The first kappa shape index (κ1) is 65.0. The fourth-order valence-electron chi connectivity index (χ4n) is 10.5. The highest BCUT2D eigenvalue weighted by molar-refractivity contribution is 6.05. The minimum atomic E-state index is -0.341. The zero-order valence-electron chi connectivity index (χ0n) is 51.3. The predicted molar refractivity (Wildman–Crippen MR) is 338 cm³/mol. The number of benzene rings is 3. The van der Waals surface area contributed by atoms with Crippen LogP contribution in [0.15, 0.2) is 91.9 Å². The van der Waals surface area contributed by atoms with E-state index in [0.29, 0.717) is 151 Å². The molecule has 6 aromatic rings. The molecule has 468 valence electrons. The van der Waals surface area contributed by atoms with E-state index in [0.717, 1.165) is 72.4 Å². The van der Waals surface area contributed by atoms with E-state index in [9.17, 15) is 14.4 Å². The topological polar surface area (TPSA) is 243 Å². The van der Waals surface area contributed by atoms with Gasteiger partial charge >= 0.3 is 0 Å². The third-order valence-corrected chi connectivity index (χ3v) is 15.2. The molecule has 1 fully saturated rings. The smallest absolute Gasteiger partial charge is 0.251 e. The molecule has 0 radical (unpaired) electrons. The highest BCUT2D eigenvalue weighted by Crippen LogP contribution is 2.41. The number of amides is 3. The summed E-state index contributed by atoms with van der Waals surface area (Å²) in [6.07, 6.45) is 11.7.